The van der Waals surface area contributed by atoms with Gasteiger partial charge >= 0.3 is 0 Å². The zero-order valence-electron chi connectivity index (χ0n) is 5.63. The molecule has 0 aromatic rings. The third kappa shape index (κ3) is 1.71. The molecule has 9 heavy (non-hydrogen) atoms. The molecule has 0 N–H and O–H groups in total. The monoisotopic (exact) mass is 235 g/mol. The lowest BCUT2D eigenvalue weighted by Crippen LogP contribution is -2.17. The average molecular weight is 235 g/mol. The van der Waals surface area contributed by atoms with Gasteiger partial charge in [0.05, 0.1) is 28.9 Å². The van der Waals surface area contributed by atoms with E-state index in [9.17, 15) is 0 Å². The first kappa shape index (κ1) is 7.12. The second-order valence-corrected chi connectivity index (χ2v) is 3.43. The molecular weight excluding hydrogens is 225 g/mol. The van der Waals surface area contributed by atoms with E-state index in [2.05, 4.69) is 58.2 Å². The van der Waals surface area contributed by atoms with Gasteiger partial charge in [0.2, 0.25) is 0 Å². The van der Waals surface area contributed by atoms with Crippen molar-refractivity contribution in [3.05, 3.63) is 23.9 Å². The summed E-state index contributed by atoms with van der Waals surface area (Å²) in [4.78, 5) is 0. The van der Waals surface area contributed by atoms with Gasteiger partial charge in [-0.15, -0.1) is 0 Å². The summed E-state index contributed by atoms with van der Waals surface area (Å²) in [5.74, 6) is 0. The number of nitrogens with zero attached hydrogens (tertiary/aromatic N) is 1. The van der Waals surface area contributed by atoms with Crippen molar-refractivity contribution in [1.29, 1.82) is 0 Å². The predicted molar refractivity (Wildman–Crippen MR) is 48.2 cm³/mol. The molecule has 2 heteroatoms. The highest BCUT2D eigenvalue weighted by Crippen LogP contribution is 2.16. The third-order valence-electron chi connectivity index (χ3n) is 1.37. The Morgan fingerprint density at radius 3 is 2.78 bits per heavy atom. The molecule has 0 fully saturated rings. The van der Waals surface area contributed by atoms with Crippen molar-refractivity contribution < 1.29 is 0 Å². The summed E-state index contributed by atoms with van der Waals surface area (Å²) in [5.41, 5.74) is 1.36. The van der Waals surface area contributed by atoms with Crippen molar-refractivity contribution in [3.8, 4) is 0 Å². The van der Waals surface area contributed by atoms with Crippen LogP contribution in [-0.2, 0) is 0 Å². The quantitative estimate of drug-likeness (QED) is 0.460. The summed E-state index contributed by atoms with van der Waals surface area (Å²) < 4.78 is 2.16. The summed E-state index contributed by atoms with van der Waals surface area (Å²) in [6, 6.07) is 0.551. The van der Waals surface area contributed by atoms with Gasteiger partial charge in [0.1, 0.15) is 0 Å². The molecule has 1 heterocycles. The van der Waals surface area contributed by atoms with E-state index in [1.54, 1.807) is 0 Å². The van der Waals surface area contributed by atoms with Crippen LogP contribution in [0.5, 0.6) is 0 Å². The molecule has 0 aromatic carbocycles. The van der Waals surface area contributed by atoms with Crippen LogP contribution in [0.15, 0.2) is 23.9 Å². The fourth-order valence-corrected chi connectivity index (χ4v) is 1.15. The summed E-state index contributed by atoms with van der Waals surface area (Å²) in [6.07, 6.45) is 6.46. The van der Waals surface area contributed by atoms with Gasteiger partial charge in [-0.05, 0) is 19.9 Å². The van der Waals surface area contributed by atoms with E-state index in [4.69, 9.17) is 0 Å². The lowest BCUT2D eigenvalue weighted by Gasteiger charge is -2.21. The summed E-state index contributed by atoms with van der Waals surface area (Å²) >= 11 is 2.29. The number of hydrogen-bond acceptors (Lipinski definition) is 1. The average Bonchev–Trinajstić information content (AvgIpc) is 1.80. The van der Waals surface area contributed by atoms with Crippen molar-refractivity contribution in [2.45, 2.75) is 19.9 Å². The van der Waals surface area contributed by atoms with Crippen LogP contribution in [0.3, 0.4) is 0 Å². The molecule has 0 bridgehead atoms. The van der Waals surface area contributed by atoms with E-state index in [1.807, 2.05) is 0 Å². The van der Waals surface area contributed by atoms with Crippen LogP contribution in [0.4, 0.5) is 0 Å². The highest BCUT2D eigenvalue weighted by atomic mass is 127. The van der Waals surface area contributed by atoms with Gasteiger partial charge in [-0.3, -0.25) is 0 Å². The minimum atomic E-state index is 0.551. The van der Waals surface area contributed by atoms with E-state index in [0.717, 1.165) is 0 Å². The molecule has 1 unspecified atom stereocenters. The molecule has 50 valence electrons. The fraction of sp³-hybridized carbons (Fsp3) is 0.429. The van der Waals surface area contributed by atoms with Crippen LogP contribution in [0.1, 0.15) is 13.8 Å². The molecule has 1 aliphatic heterocycles. The van der Waals surface area contributed by atoms with Gasteiger partial charge in [-0.2, -0.15) is 0 Å². The number of hydrogen-bond donors (Lipinski definition) is 0. The Hall–Kier alpha value is 0.01000. The second-order valence-electron chi connectivity index (χ2n) is 2.31. The lowest BCUT2D eigenvalue weighted by molar-refractivity contribution is 0.584. The van der Waals surface area contributed by atoms with Gasteiger partial charge in [0.15, 0.2) is 0 Å². The van der Waals surface area contributed by atoms with E-state index in [-0.39, 0.29) is 0 Å². The van der Waals surface area contributed by atoms with Gasteiger partial charge in [0, 0.05) is 6.20 Å². The molecule has 0 aliphatic carbocycles. The molecule has 0 amide bonds. The predicted octanol–water partition coefficient (Wildman–Crippen LogP) is 2.50. The van der Waals surface area contributed by atoms with Crippen molar-refractivity contribution in [2.24, 2.45) is 0 Å². The van der Waals surface area contributed by atoms with Crippen LogP contribution >= 0.6 is 22.9 Å². The van der Waals surface area contributed by atoms with Crippen molar-refractivity contribution in [3.63, 3.8) is 0 Å². The van der Waals surface area contributed by atoms with Crippen molar-refractivity contribution in [2.75, 3.05) is 0 Å². The molecule has 0 saturated carbocycles. The molecule has 0 radical (unpaired) electrons. The molecule has 0 saturated heterocycles. The first-order valence-corrected chi connectivity index (χ1v) is 3.97. The normalized spacial score (nSPS) is 26.3. The smallest absolute Gasteiger partial charge is 0.0591 e. The minimum Gasteiger partial charge on any atom is -0.315 e. The molecule has 1 nitrogen and oxygen atoms in total. The van der Waals surface area contributed by atoms with Crippen LogP contribution < -0.4 is 0 Å². The Balaban J connectivity index is 2.70. The number of halogens is 1. The van der Waals surface area contributed by atoms with Crippen LogP contribution in [0.25, 0.3) is 0 Å². The number of allylic oxidation sites excluding steroid dienone is 2. The SMILES string of the molecule is CC1=CC(C)N(I)C=C1. The molecule has 1 aliphatic rings. The van der Waals surface area contributed by atoms with E-state index in [0.29, 0.717) is 6.04 Å². The van der Waals surface area contributed by atoms with Crippen molar-refractivity contribution >= 4 is 22.9 Å². The summed E-state index contributed by atoms with van der Waals surface area (Å²) in [5, 5.41) is 0. The van der Waals surface area contributed by atoms with E-state index in [1.165, 1.54) is 5.57 Å². The largest absolute Gasteiger partial charge is 0.315 e. The Kier molecular flexibility index (Phi) is 2.16. The highest BCUT2D eigenvalue weighted by Gasteiger charge is 2.06. The topological polar surface area (TPSA) is 3.24 Å². The molecule has 1 rings (SSSR count). The summed E-state index contributed by atoms with van der Waals surface area (Å²) in [7, 11) is 0. The fourth-order valence-electron chi connectivity index (χ4n) is 0.832. The molecule has 1 atom stereocenters. The van der Waals surface area contributed by atoms with Crippen molar-refractivity contribution in [1.82, 2.24) is 3.11 Å². The van der Waals surface area contributed by atoms with E-state index < -0.39 is 0 Å². The standard InChI is InChI=1S/C7H10IN/c1-6-3-4-9(8)7(2)5-6/h3-5,7H,1-2H3. The van der Waals surface area contributed by atoms with Gasteiger partial charge in [0.25, 0.3) is 0 Å². The first-order chi connectivity index (χ1) is 4.20. The van der Waals surface area contributed by atoms with Gasteiger partial charge < -0.3 is 3.11 Å². The maximum atomic E-state index is 2.29. The molecular formula is C7H10IN. The zero-order chi connectivity index (χ0) is 6.85. The second kappa shape index (κ2) is 2.73. The number of rotatable bonds is 0. The molecule has 0 spiro atoms. The Labute approximate surface area is 69.9 Å². The maximum absolute atomic E-state index is 2.29. The van der Waals surface area contributed by atoms with Crippen LogP contribution in [-0.4, -0.2) is 9.16 Å². The van der Waals surface area contributed by atoms with Crippen LogP contribution in [0, 0.1) is 0 Å². The summed E-state index contributed by atoms with van der Waals surface area (Å²) in [6.45, 7) is 4.30. The van der Waals surface area contributed by atoms with E-state index >= 15 is 0 Å². The highest BCUT2D eigenvalue weighted by molar-refractivity contribution is 14.1. The first-order valence-electron chi connectivity index (χ1n) is 3.01. The Bertz CT molecular complexity index is 160. The Morgan fingerprint density at radius 1 is 1.67 bits per heavy atom. The zero-order valence-corrected chi connectivity index (χ0v) is 7.79. The maximum Gasteiger partial charge on any atom is 0.0591 e. The third-order valence-corrected chi connectivity index (χ3v) is 2.57. The Morgan fingerprint density at radius 2 is 2.33 bits per heavy atom. The molecule has 0 aromatic heterocycles. The van der Waals surface area contributed by atoms with Gasteiger partial charge in [-0.1, -0.05) is 11.6 Å². The lowest BCUT2D eigenvalue weighted by atomic mass is 10.1. The van der Waals surface area contributed by atoms with Crippen LogP contribution in [0.2, 0.25) is 0 Å². The van der Waals surface area contributed by atoms with Gasteiger partial charge in [-0.25, -0.2) is 0 Å². The minimum absolute atomic E-state index is 0.551.